The number of hydrogen-bond donors (Lipinski definition) is 1. The number of carbonyl (C=O) groups is 1. The molecule has 4 nitrogen and oxygen atoms in total. The van der Waals surface area contributed by atoms with E-state index in [0.29, 0.717) is 6.04 Å². The predicted molar refractivity (Wildman–Crippen MR) is 102 cm³/mol. The fraction of sp³-hybridized carbons (Fsp3) is 0.526. The lowest BCUT2D eigenvalue weighted by Gasteiger charge is -2.37. The van der Waals surface area contributed by atoms with Gasteiger partial charge in [-0.15, -0.1) is 18.3 Å². The van der Waals surface area contributed by atoms with Gasteiger partial charge in [0.05, 0.1) is 5.69 Å². The van der Waals surface area contributed by atoms with Crippen molar-refractivity contribution in [3.63, 3.8) is 0 Å². The number of anilines is 1. The van der Waals surface area contributed by atoms with E-state index in [4.69, 9.17) is 0 Å². The first kappa shape index (κ1) is 17.4. The third-order valence-corrected chi connectivity index (χ3v) is 5.90. The number of amides is 2. The number of para-hydroxylation sites is 1. The van der Waals surface area contributed by atoms with E-state index in [2.05, 4.69) is 16.8 Å². The highest BCUT2D eigenvalue weighted by molar-refractivity contribution is 7.99. The number of thioether (sulfide) groups is 1. The molecule has 3 rings (SSSR count). The monoisotopic (exact) mass is 345 g/mol. The topological polar surface area (TPSA) is 35.6 Å². The van der Waals surface area contributed by atoms with Crippen LogP contribution in [0.3, 0.4) is 0 Å². The minimum absolute atomic E-state index is 0.0329. The maximum Gasteiger partial charge on any atom is 0.321 e. The molecule has 2 amide bonds. The molecule has 0 saturated carbocycles. The lowest BCUT2D eigenvalue weighted by Crippen LogP contribution is -2.50. The number of urea groups is 1. The molecular weight excluding hydrogens is 318 g/mol. The van der Waals surface area contributed by atoms with E-state index >= 15 is 0 Å². The van der Waals surface area contributed by atoms with E-state index in [9.17, 15) is 4.79 Å². The summed E-state index contributed by atoms with van der Waals surface area (Å²) in [6.07, 6.45) is 6.80. The first-order valence-corrected chi connectivity index (χ1v) is 9.89. The van der Waals surface area contributed by atoms with Gasteiger partial charge in [-0.3, -0.25) is 4.90 Å². The molecule has 2 heterocycles. The second-order valence-electron chi connectivity index (χ2n) is 6.51. The number of piperidine rings is 1. The van der Waals surface area contributed by atoms with Crippen molar-refractivity contribution in [3.05, 3.63) is 36.9 Å². The van der Waals surface area contributed by atoms with Crippen LogP contribution in [0.5, 0.6) is 0 Å². The Morgan fingerprint density at radius 3 is 2.83 bits per heavy atom. The molecule has 0 bridgehead atoms. The lowest BCUT2D eigenvalue weighted by atomic mass is 10.0. The first-order valence-electron chi connectivity index (χ1n) is 8.90. The minimum Gasteiger partial charge on any atom is -0.323 e. The van der Waals surface area contributed by atoms with Gasteiger partial charge >= 0.3 is 6.03 Å². The largest absolute Gasteiger partial charge is 0.323 e. The van der Waals surface area contributed by atoms with Crippen LogP contribution in [0.2, 0.25) is 0 Å². The maximum atomic E-state index is 12.7. The van der Waals surface area contributed by atoms with Gasteiger partial charge in [0.15, 0.2) is 0 Å². The number of rotatable bonds is 5. The summed E-state index contributed by atoms with van der Waals surface area (Å²) in [7, 11) is 0. The summed E-state index contributed by atoms with van der Waals surface area (Å²) in [6, 6.07) is 8.57. The fourth-order valence-electron chi connectivity index (χ4n) is 3.58. The normalized spacial score (nSPS) is 21.7. The second kappa shape index (κ2) is 8.58. The average molecular weight is 346 g/mol. The van der Waals surface area contributed by atoms with Gasteiger partial charge in [0, 0.05) is 29.8 Å². The minimum atomic E-state index is 0.0329. The van der Waals surface area contributed by atoms with Crippen molar-refractivity contribution in [1.82, 2.24) is 9.80 Å². The van der Waals surface area contributed by atoms with E-state index in [1.165, 1.54) is 32.4 Å². The predicted octanol–water partition coefficient (Wildman–Crippen LogP) is 4.06. The molecule has 5 heteroatoms. The van der Waals surface area contributed by atoms with Crippen molar-refractivity contribution < 1.29 is 4.79 Å². The summed E-state index contributed by atoms with van der Waals surface area (Å²) in [6.45, 7) is 7.87. The Labute approximate surface area is 149 Å². The van der Waals surface area contributed by atoms with E-state index in [0.717, 1.165) is 35.8 Å². The Hall–Kier alpha value is -1.46. The Bertz CT molecular complexity index is 571. The van der Waals surface area contributed by atoms with E-state index < -0.39 is 0 Å². The highest BCUT2D eigenvalue weighted by atomic mass is 32.2. The Morgan fingerprint density at radius 2 is 2.04 bits per heavy atom. The zero-order valence-corrected chi connectivity index (χ0v) is 15.1. The van der Waals surface area contributed by atoms with Crippen LogP contribution in [-0.2, 0) is 0 Å². The van der Waals surface area contributed by atoms with Gasteiger partial charge in [-0.2, -0.15) is 0 Å². The first-order chi connectivity index (χ1) is 11.8. The fourth-order valence-corrected chi connectivity index (χ4v) is 4.33. The molecule has 1 aromatic rings. The molecule has 24 heavy (non-hydrogen) atoms. The molecule has 0 spiro atoms. The molecule has 1 N–H and O–H groups in total. The van der Waals surface area contributed by atoms with Crippen molar-refractivity contribution in [1.29, 1.82) is 0 Å². The van der Waals surface area contributed by atoms with Crippen LogP contribution in [0.25, 0.3) is 0 Å². The number of likely N-dealkylation sites (tertiary alicyclic amines) is 2. The van der Waals surface area contributed by atoms with E-state index in [1.807, 2.05) is 35.2 Å². The molecule has 2 fully saturated rings. The number of hydrogen-bond acceptors (Lipinski definition) is 3. The molecule has 0 aromatic heterocycles. The quantitative estimate of drug-likeness (QED) is 0.646. The summed E-state index contributed by atoms with van der Waals surface area (Å²) < 4.78 is 0. The lowest BCUT2D eigenvalue weighted by molar-refractivity contribution is 0.131. The molecular formula is C19H27N3OS. The summed E-state index contributed by atoms with van der Waals surface area (Å²) >= 11 is 1.70. The Morgan fingerprint density at radius 1 is 1.25 bits per heavy atom. The number of carbonyl (C=O) groups excluding carboxylic acids is 1. The van der Waals surface area contributed by atoms with Gasteiger partial charge in [-0.1, -0.05) is 18.2 Å². The molecule has 2 aliphatic rings. The van der Waals surface area contributed by atoms with Crippen molar-refractivity contribution >= 4 is 23.5 Å². The van der Waals surface area contributed by atoms with E-state index in [-0.39, 0.29) is 6.03 Å². The highest BCUT2D eigenvalue weighted by Crippen LogP contribution is 2.28. The standard InChI is InChI=1S/C19H27N3OS/c1-2-14-24-18-10-4-3-9-17(18)20-19(23)22-13-7-8-16(15-22)21-11-5-6-12-21/h2-4,9-10,16H,1,5-8,11-15H2,(H,20,23). The third kappa shape index (κ3) is 4.33. The maximum absolute atomic E-state index is 12.7. The summed E-state index contributed by atoms with van der Waals surface area (Å²) in [5, 5.41) is 3.11. The van der Waals surface area contributed by atoms with Crippen molar-refractivity contribution in [3.8, 4) is 0 Å². The van der Waals surface area contributed by atoms with Crippen LogP contribution in [0.1, 0.15) is 25.7 Å². The van der Waals surface area contributed by atoms with E-state index in [1.54, 1.807) is 11.8 Å². The van der Waals surface area contributed by atoms with Crippen LogP contribution in [0, 0.1) is 0 Å². The van der Waals surface area contributed by atoms with Crippen molar-refractivity contribution in [2.75, 3.05) is 37.2 Å². The molecule has 0 radical (unpaired) electrons. The smallest absolute Gasteiger partial charge is 0.321 e. The molecule has 2 aliphatic heterocycles. The third-order valence-electron chi connectivity index (χ3n) is 4.83. The summed E-state index contributed by atoms with van der Waals surface area (Å²) in [5.41, 5.74) is 0.901. The Balaban J connectivity index is 1.61. The highest BCUT2D eigenvalue weighted by Gasteiger charge is 2.29. The molecule has 1 unspecified atom stereocenters. The zero-order chi connectivity index (χ0) is 16.8. The molecule has 1 atom stereocenters. The van der Waals surface area contributed by atoms with Crippen molar-refractivity contribution in [2.45, 2.75) is 36.6 Å². The molecule has 130 valence electrons. The van der Waals surface area contributed by atoms with Gasteiger partial charge in [0.2, 0.25) is 0 Å². The van der Waals surface area contributed by atoms with Gasteiger partial charge in [-0.25, -0.2) is 4.79 Å². The van der Waals surface area contributed by atoms with Crippen LogP contribution >= 0.6 is 11.8 Å². The van der Waals surface area contributed by atoms with Crippen LogP contribution < -0.4 is 5.32 Å². The van der Waals surface area contributed by atoms with Gasteiger partial charge in [0.25, 0.3) is 0 Å². The Kier molecular flexibility index (Phi) is 6.21. The number of benzene rings is 1. The SMILES string of the molecule is C=CCSc1ccccc1NC(=O)N1CCCC(N2CCCC2)C1. The summed E-state index contributed by atoms with van der Waals surface area (Å²) in [4.78, 5) is 18.4. The summed E-state index contributed by atoms with van der Waals surface area (Å²) in [5.74, 6) is 0.841. The zero-order valence-electron chi connectivity index (χ0n) is 14.2. The van der Waals surface area contributed by atoms with Crippen LogP contribution in [0.4, 0.5) is 10.5 Å². The van der Waals surface area contributed by atoms with Crippen LogP contribution in [0.15, 0.2) is 41.8 Å². The second-order valence-corrected chi connectivity index (χ2v) is 7.57. The molecule has 1 aromatic carbocycles. The van der Waals surface area contributed by atoms with Gasteiger partial charge in [0.1, 0.15) is 0 Å². The van der Waals surface area contributed by atoms with Crippen molar-refractivity contribution in [2.24, 2.45) is 0 Å². The van der Waals surface area contributed by atoms with Gasteiger partial charge in [-0.05, 0) is 50.9 Å². The number of nitrogens with one attached hydrogen (secondary N) is 1. The molecule has 0 aliphatic carbocycles. The molecule has 2 saturated heterocycles. The average Bonchev–Trinajstić information content (AvgIpc) is 3.16. The number of nitrogens with zero attached hydrogens (tertiary/aromatic N) is 2. The van der Waals surface area contributed by atoms with Gasteiger partial charge < -0.3 is 10.2 Å². The van der Waals surface area contributed by atoms with Crippen LogP contribution in [-0.4, -0.2) is 53.8 Å².